The van der Waals surface area contributed by atoms with Crippen molar-refractivity contribution >= 4 is 46.3 Å². The topological polar surface area (TPSA) is 68.3 Å². The highest BCUT2D eigenvalue weighted by Gasteiger charge is 2.20. The number of hydrogen-bond donors (Lipinski definition) is 1. The maximum absolute atomic E-state index is 12.6. The highest BCUT2D eigenvalue weighted by molar-refractivity contribution is 8.00. The predicted molar refractivity (Wildman–Crippen MR) is 114 cm³/mol. The molecule has 1 amide bonds. The van der Waals surface area contributed by atoms with E-state index in [0.29, 0.717) is 17.9 Å². The highest BCUT2D eigenvalue weighted by Crippen LogP contribution is 2.27. The molecule has 3 aromatic rings. The third-order valence-corrected chi connectivity index (χ3v) is 6.92. The van der Waals surface area contributed by atoms with Gasteiger partial charge < -0.3 is 10.1 Å². The number of nitrogens with zero attached hydrogens (tertiary/aromatic N) is 1. The van der Waals surface area contributed by atoms with Crippen LogP contribution in [0, 0.1) is 6.92 Å². The van der Waals surface area contributed by atoms with Gasteiger partial charge in [-0.05, 0) is 36.9 Å². The van der Waals surface area contributed by atoms with E-state index in [2.05, 4.69) is 10.3 Å². The van der Waals surface area contributed by atoms with Crippen molar-refractivity contribution in [2.24, 2.45) is 0 Å². The summed E-state index contributed by atoms with van der Waals surface area (Å²) >= 11 is 4.73. The lowest BCUT2D eigenvalue weighted by Crippen LogP contribution is -2.35. The van der Waals surface area contributed by atoms with Gasteiger partial charge in [0.05, 0.1) is 12.1 Å². The standard InChI is InChI=1S/C20H20N2O3S3/c1-13-11-27-20(22-13)28-12-15-6-3-4-8-17(15)19(24)25-14(2)18(23)21-10-16-7-5-9-26-16/h3-9,11,14H,10,12H2,1-2H3,(H,21,23). The van der Waals surface area contributed by atoms with E-state index in [1.165, 1.54) is 0 Å². The number of hydrogen-bond acceptors (Lipinski definition) is 7. The molecule has 1 N–H and O–H groups in total. The van der Waals surface area contributed by atoms with Gasteiger partial charge in [0.1, 0.15) is 4.34 Å². The summed E-state index contributed by atoms with van der Waals surface area (Å²) in [5.74, 6) is -0.200. The number of carbonyl (C=O) groups excluding carboxylic acids is 2. The normalized spacial score (nSPS) is 11.8. The first-order valence-electron chi connectivity index (χ1n) is 8.67. The zero-order valence-corrected chi connectivity index (χ0v) is 18.0. The summed E-state index contributed by atoms with van der Waals surface area (Å²) in [5.41, 5.74) is 2.32. The maximum atomic E-state index is 12.6. The first kappa shape index (κ1) is 20.6. The second kappa shape index (κ2) is 9.86. The van der Waals surface area contributed by atoms with Crippen LogP contribution < -0.4 is 5.32 Å². The maximum Gasteiger partial charge on any atom is 0.339 e. The van der Waals surface area contributed by atoms with Crippen molar-refractivity contribution in [1.82, 2.24) is 10.3 Å². The van der Waals surface area contributed by atoms with Gasteiger partial charge in [0.25, 0.3) is 5.91 Å². The fraction of sp³-hybridized carbons (Fsp3) is 0.250. The molecule has 0 radical (unpaired) electrons. The number of esters is 1. The number of amides is 1. The molecule has 2 aromatic heterocycles. The lowest BCUT2D eigenvalue weighted by molar-refractivity contribution is -0.129. The van der Waals surface area contributed by atoms with Gasteiger partial charge in [0.2, 0.25) is 0 Å². The molecule has 2 heterocycles. The molecule has 0 saturated heterocycles. The van der Waals surface area contributed by atoms with Gasteiger partial charge in [-0.25, -0.2) is 9.78 Å². The van der Waals surface area contributed by atoms with E-state index in [9.17, 15) is 9.59 Å². The lowest BCUT2D eigenvalue weighted by atomic mass is 10.1. The molecule has 0 fully saturated rings. The quantitative estimate of drug-likeness (QED) is 0.414. The van der Waals surface area contributed by atoms with Crippen molar-refractivity contribution < 1.29 is 14.3 Å². The number of ether oxygens (including phenoxy) is 1. The Kier molecular flexibility index (Phi) is 7.24. The largest absolute Gasteiger partial charge is 0.449 e. The molecule has 3 rings (SSSR count). The van der Waals surface area contributed by atoms with Crippen molar-refractivity contribution in [3.8, 4) is 0 Å². The van der Waals surface area contributed by atoms with Crippen molar-refractivity contribution in [1.29, 1.82) is 0 Å². The number of thiazole rings is 1. The van der Waals surface area contributed by atoms with E-state index < -0.39 is 12.1 Å². The Balaban J connectivity index is 1.57. The second-order valence-electron chi connectivity index (χ2n) is 6.05. The van der Waals surface area contributed by atoms with E-state index in [-0.39, 0.29) is 5.91 Å². The molecule has 0 bridgehead atoms. The van der Waals surface area contributed by atoms with E-state index in [1.807, 2.05) is 41.9 Å². The molecule has 1 unspecified atom stereocenters. The van der Waals surface area contributed by atoms with Gasteiger partial charge in [0.15, 0.2) is 6.10 Å². The molecule has 1 atom stereocenters. The lowest BCUT2D eigenvalue weighted by Gasteiger charge is -2.14. The Morgan fingerprint density at radius 1 is 1.21 bits per heavy atom. The molecule has 1 aromatic carbocycles. The first-order valence-corrected chi connectivity index (χ1v) is 11.4. The average molecular weight is 433 g/mol. The van der Waals surface area contributed by atoms with Gasteiger partial charge in [-0.2, -0.15) is 0 Å². The molecule has 8 heteroatoms. The number of carbonyl (C=O) groups is 2. The Bertz CT molecular complexity index is 938. The Hall–Kier alpha value is -2.16. The Morgan fingerprint density at radius 3 is 2.75 bits per heavy atom. The van der Waals surface area contributed by atoms with Crippen LogP contribution in [-0.2, 0) is 21.8 Å². The first-order chi connectivity index (χ1) is 13.5. The summed E-state index contributed by atoms with van der Waals surface area (Å²) in [6.07, 6.45) is -0.866. The molecule has 0 saturated carbocycles. The summed E-state index contributed by atoms with van der Waals surface area (Å²) in [6, 6.07) is 11.2. The van der Waals surface area contributed by atoms with Crippen LogP contribution in [0.4, 0.5) is 0 Å². The smallest absolute Gasteiger partial charge is 0.339 e. The van der Waals surface area contributed by atoms with Crippen LogP contribution in [0.3, 0.4) is 0 Å². The summed E-state index contributed by atoms with van der Waals surface area (Å²) < 4.78 is 6.36. The van der Waals surface area contributed by atoms with Crippen LogP contribution in [0.25, 0.3) is 0 Å². The number of thioether (sulfide) groups is 1. The average Bonchev–Trinajstić information content (AvgIpc) is 3.36. The summed E-state index contributed by atoms with van der Waals surface area (Å²) in [7, 11) is 0. The van der Waals surface area contributed by atoms with E-state index in [0.717, 1.165) is 20.5 Å². The summed E-state index contributed by atoms with van der Waals surface area (Å²) in [4.78, 5) is 30.3. The van der Waals surface area contributed by atoms with Crippen LogP contribution in [-0.4, -0.2) is 23.0 Å². The molecule has 28 heavy (non-hydrogen) atoms. The molecule has 5 nitrogen and oxygen atoms in total. The highest BCUT2D eigenvalue weighted by atomic mass is 32.2. The van der Waals surface area contributed by atoms with E-state index in [4.69, 9.17) is 4.74 Å². The van der Waals surface area contributed by atoms with Crippen molar-refractivity contribution in [3.05, 3.63) is 68.9 Å². The zero-order valence-electron chi connectivity index (χ0n) is 15.5. The summed E-state index contributed by atoms with van der Waals surface area (Å²) in [6.45, 7) is 3.97. The van der Waals surface area contributed by atoms with Crippen LogP contribution in [0.5, 0.6) is 0 Å². The number of nitrogens with one attached hydrogen (secondary N) is 1. The van der Waals surface area contributed by atoms with Gasteiger partial charge in [-0.15, -0.1) is 22.7 Å². The van der Waals surface area contributed by atoms with Crippen LogP contribution in [0.15, 0.2) is 51.5 Å². The molecule has 0 aliphatic heterocycles. The minimum atomic E-state index is -0.866. The molecular weight excluding hydrogens is 412 g/mol. The zero-order chi connectivity index (χ0) is 19.9. The van der Waals surface area contributed by atoms with Gasteiger partial charge in [-0.1, -0.05) is 36.0 Å². The van der Waals surface area contributed by atoms with Crippen LogP contribution in [0.2, 0.25) is 0 Å². The predicted octanol–water partition coefficient (Wildman–Crippen LogP) is 4.67. The van der Waals surface area contributed by atoms with Crippen molar-refractivity contribution in [3.63, 3.8) is 0 Å². The number of aromatic nitrogens is 1. The number of thiophene rings is 1. The fourth-order valence-electron chi connectivity index (χ4n) is 2.39. The molecule has 0 aliphatic carbocycles. The number of rotatable bonds is 8. The van der Waals surface area contributed by atoms with Crippen LogP contribution >= 0.6 is 34.4 Å². The van der Waals surface area contributed by atoms with Gasteiger partial charge >= 0.3 is 5.97 Å². The number of aryl methyl sites for hydroxylation is 1. The summed E-state index contributed by atoms with van der Waals surface area (Å²) in [5, 5.41) is 6.74. The Labute approximate surface area is 176 Å². The molecule has 0 aliphatic rings. The second-order valence-corrected chi connectivity index (χ2v) is 9.16. The Morgan fingerprint density at radius 2 is 2.04 bits per heavy atom. The van der Waals surface area contributed by atoms with Crippen LogP contribution in [0.1, 0.15) is 33.4 Å². The third-order valence-electron chi connectivity index (χ3n) is 3.86. The minimum Gasteiger partial charge on any atom is -0.449 e. The monoisotopic (exact) mass is 432 g/mol. The van der Waals surface area contributed by atoms with Gasteiger partial charge in [-0.3, -0.25) is 4.79 Å². The van der Waals surface area contributed by atoms with Crippen molar-refractivity contribution in [2.45, 2.75) is 36.6 Å². The van der Waals surface area contributed by atoms with E-state index >= 15 is 0 Å². The van der Waals surface area contributed by atoms with Gasteiger partial charge in [0, 0.05) is 21.7 Å². The number of benzene rings is 1. The fourth-order valence-corrected chi connectivity index (χ4v) is 4.89. The molecular formula is C20H20N2O3S3. The molecule has 146 valence electrons. The third kappa shape index (κ3) is 5.67. The SMILES string of the molecule is Cc1csc(SCc2ccccc2C(=O)OC(C)C(=O)NCc2cccs2)n1. The van der Waals surface area contributed by atoms with E-state index in [1.54, 1.807) is 53.5 Å². The van der Waals surface area contributed by atoms with Crippen molar-refractivity contribution in [2.75, 3.05) is 0 Å². The molecule has 0 spiro atoms. The minimum absolute atomic E-state index is 0.313.